The largest absolute Gasteiger partial charge is 0.402 e. The zero-order valence-corrected chi connectivity index (χ0v) is 16.7. The molecule has 0 aromatic heterocycles. The fourth-order valence-corrected chi connectivity index (χ4v) is 3.53. The van der Waals surface area contributed by atoms with E-state index in [9.17, 15) is 0 Å². The number of hydrogen-bond donors (Lipinski definition) is 1. The van der Waals surface area contributed by atoms with E-state index in [4.69, 9.17) is 5.73 Å². The van der Waals surface area contributed by atoms with E-state index in [2.05, 4.69) is 81.5 Å². The zero-order valence-electron chi connectivity index (χ0n) is 16.7. The Hall–Kier alpha value is -2.02. The highest BCUT2D eigenvalue weighted by atomic mass is 14.6. The molecule has 0 amide bonds. The molecule has 0 radical (unpaired) electrons. The third kappa shape index (κ3) is 7.07. The minimum Gasteiger partial charge on any atom is -0.402 e. The SMILES string of the molecule is CCCC(CCC1=CCC(Cc2ccccc2)C=C1)/C(N)=C/C=C(C)C. The van der Waals surface area contributed by atoms with Crippen molar-refractivity contribution in [1.29, 1.82) is 0 Å². The second-order valence-electron chi connectivity index (χ2n) is 7.76. The van der Waals surface area contributed by atoms with E-state index in [-0.39, 0.29) is 0 Å². The van der Waals surface area contributed by atoms with Gasteiger partial charge in [-0.15, -0.1) is 0 Å². The van der Waals surface area contributed by atoms with E-state index in [0.717, 1.165) is 31.4 Å². The maximum absolute atomic E-state index is 6.35. The molecular formula is C25H35N. The van der Waals surface area contributed by atoms with Gasteiger partial charge in [0.2, 0.25) is 0 Å². The first-order chi connectivity index (χ1) is 12.6. The highest BCUT2D eigenvalue weighted by molar-refractivity contribution is 5.26. The average molecular weight is 350 g/mol. The first kappa shape index (κ1) is 20.3. The lowest BCUT2D eigenvalue weighted by molar-refractivity contribution is 0.505. The van der Waals surface area contributed by atoms with Crippen LogP contribution in [0.1, 0.15) is 58.4 Å². The van der Waals surface area contributed by atoms with Gasteiger partial charge in [-0.2, -0.15) is 0 Å². The summed E-state index contributed by atoms with van der Waals surface area (Å²) >= 11 is 0. The molecule has 1 aliphatic carbocycles. The summed E-state index contributed by atoms with van der Waals surface area (Å²) in [7, 11) is 0. The minimum absolute atomic E-state index is 0.493. The molecule has 2 atom stereocenters. The number of nitrogens with two attached hydrogens (primary N) is 1. The average Bonchev–Trinajstić information content (AvgIpc) is 2.65. The van der Waals surface area contributed by atoms with Crippen molar-refractivity contribution in [1.82, 2.24) is 0 Å². The summed E-state index contributed by atoms with van der Waals surface area (Å²) in [6.45, 7) is 6.47. The first-order valence-corrected chi connectivity index (χ1v) is 10.1. The van der Waals surface area contributed by atoms with Crippen LogP contribution < -0.4 is 5.73 Å². The quantitative estimate of drug-likeness (QED) is 0.491. The Labute approximate surface area is 160 Å². The molecule has 0 saturated heterocycles. The highest BCUT2D eigenvalue weighted by Gasteiger charge is 2.13. The molecule has 0 bridgehead atoms. The Morgan fingerprint density at radius 1 is 1.15 bits per heavy atom. The van der Waals surface area contributed by atoms with E-state index >= 15 is 0 Å². The van der Waals surface area contributed by atoms with Crippen LogP contribution in [0.2, 0.25) is 0 Å². The molecule has 2 N–H and O–H groups in total. The van der Waals surface area contributed by atoms with Gasteiger partial charge in [0.1, 0.15) is 0 Å². The van der Waals surface area contributed by atoms with Crippen molar-refractivity contribution in [3.05, 3.63) is 83.1 Å². The van der Waals surface area contributed by atoms with Crippen molar-refractivity contribution in [3.63, 3.8) is 0 Å². The highest BCUT2D eigenvalue weighted by Crippen LogP contribution is 2.27. The van der Waals surface area contributed by atoms with Gasteiger partial charge in [0, 0.05) is 5.70 Å². The molecule has 2 rings (SSSR count). The van der Waals surface area contributed by atoms with Crippen LogP contribution in [0.5, 0.6) is 0 Å². The van der Waals surface area contributed by atoms with Crippen LogP contribution in [-0.4, -0.2) is 0 Å². The summed E-state index contributed by atoms with van der Waals surface area (Å²) in [6, 6.07) is 10.8. The summed E-state index contributed by atoms with van der Waals surface area (Å²) in [5, 5.41) is 0. The molecule has 0 saturated carbocycles. The third-order valence-electron chi connectivity index (χ3n) is 5.11. The lowest BCUT2D eigenvalue weighted by Gasteiger charge is -2.20. The number of allylic oxidation sites excluding steroid dienone is 8. The normalized spacial score (nSPS) is 18.3. The third-order valence-corrected chi connectivity index (χ3v) is 5.11. The molecule has 1 nitrogen and oxygen atoms in total. The molecule has 0 fully saturated rings. The fraction of sp³-hybridized carbons (Fsp3) is 0.440. The summed E-state index contributed by atoms with van der Waals surface area (Å²) in [6.07, 6.45) is 18.3. The Kier molecular flexibility index (Phi) is 8.47. The van der Waals surface area contributed by atoms with Crippen molar-refractivity contribution in [2.24, 2.45) is 17.6 Å². The molecular weight excluding hydrogens is 314 g/mol. The lowest BCUT2D eigenvalue weighted by atomic mass is 9.87. The van der Waals surface area contributed by atoms with Crippen molar-refractivity contribution >= 4 is 0 Å². The van der Waals surface area contributed by atoms with Gasteiger partial charge in [0.15, 0.2) is 0 Å². The molecule has 2 unspecified atom stereocenters. The lowest BCUT2D eigenvalue weighted by Crippen LogP contribution is -2.12. The predicted octanol–water partition coefficient (Wildman–Crippen LogP) is 6.74. The Morgan fingerprint density at radius 2 is 1.92 bits per heavy atom. The smallest absolute Gasteiger partial charge is 0.0112 e. The van der Waals surface area contributed by atoms with Gasteiger partial charge in [0.05, 0.1) is 0 Å². The summed E-state index contributed by atoms with van der Waals surface area (Å²) in [5.41, 5.74) is 11.6. The van der Waals surface area contributed by atoms with E-state index in [0.29, 0.717) is 11.8 Å². The van der Waals surface area contributed by atoms with Gasteiger partial charge in [-0.25, -0.2) is 0 Å². The van der Waals surface area contributed by atoms with E-state index in [1.54, 1.807) is 0 Å². The molecule has 140 valence electrons. The topological polar surface area (TPSA) is 26.0 Å². The Balaban J connectivity index is 1.85. The van der Waals surface area contributed by atoms with Crippen LogP contribution in [0.4, 0.5) is 0 Å². The minimum atomic E-state index is 0.493. The molecule has 1 aliphatic rings. The van der Waals surface area contributed by atoms with Crippen LogP contribution in [0, 0.1) is 11.8 Å². The fourth-order valence-electron chi connectivity index (χ4n) is 3.53. The van der Waals surface area contributed by atoms with E-state index < -0.39 is 0 Å². The van der Waals surface area contributed by atoms with Gasteiger partial charge in [-0.1, -0.05) is 79.1 Å². The number of hydrogen-bond acceptors (Lipinski definition) is 1. The van der Waals surface area contributed by atoms with E-state index in [1.165, 1.54) is 29.6 Å². The monoisotopic (exact) mass is 349 g/mol. The second-order valence-corrected chi connectivity index (χ2v) is 7.76. The van der Waals surface area contributed by atoms with Gasteiger partial charge >= 0.3 is 0 Å². The van der Waals surface area contributed by atoms with Crippen LogP contribution in [0.25, 0.3) is 0 Å². The molecule has 0 aliphatic heterocycles. The van der Waals surface area contributed by atoms with Crippen molar-refractivity contribution < 1.29 is 0 Å². The first-order valence-electron chi connectivity index (χ1n) is 10.1. The Morgan fingerprint density at radius 3 is 2.54 bits per heavy atom. The summed E-state index contributed by atoms with van der Waals surface area (Å²) < 4.78 is 0. The molecule has 1 heteroatoms. The van der Waals surface area contributed by atoms with Gasteiger partial charge in [0.25, 0.3) is 0 Å². The van der Waals surface area contributed by atoms with E-state index in [1.807, 2.05) is 0 Å². The standard InChI is InChI=1S/C25H35N/c1-4-8-24(25(26)18-11-20(2)3)17-16-21-12-14-23(15-13-21)19-22-9-6-5-7-10-22/h5-7,9-14,18,23-24H,4,8,15-17,19,26H2,1-3H3/b25-18-. The maximum atomic E-state index is 6.35. The van der Waals surface area contributed by atoms with Crippen LogP contribution in [0.15, 0.2) is 77.6 Å². The number of benzene rings is 1. The van der Waals surface area contributed by atoms with Crippen LogP contribution in [0.3, 0.4) is 0 Å². The number of rotatable bonds is 9. The van der Waals surface area contributed by atoms with Crippen molar-refractivity contribution in [2.45, 2.75) is 59.3 Å². The second kappa shape index (κ2) is 10.9. The molecule has 0 heterocycles. The summed E-state index contributed by atoms with van der Waals surface area (Å²) in [5.74, 6) is 1.13. The molecule has 0 spiro atoms. The maximum Gasteiger partial charge on any atom is 0.0112 e. The molecule has 1 aromatic rings. The van der Waals surface area contributed by atoms with Crippen LogP contribution >= 0.6 is 0 Å². The Bertz CT molecular complexity index is 657. The zero-order chi connectivity index (χ0) is 18.8. The van der Waals surface area contributed by atoms with Crippen LogP contribution in [-0.2, 0) is 6.42 Å². The van der Waals surface area contributed by atoms with Gasteiger partial charge in [-0.3, -0.25) is 0 Å². The molecule has 26 heavy (non-hydrogen) atoms. The van der Waals surface area contributed by atoms with Crippen molar-refractivity contribution in [3.8, 4) is 0 Å². The van der Waals surface area contributed by atoms with Crippen molar-refractivity contribution in [2.75, 3.05) is 0 Å². The summed E-state index contributed by atoms with van der Waals surface area (Å²) in [4.78, 5) is 0. The van der Waals surface area contributed by atoms with Gasteiger partial charge < -0.3 is 5.73 Å². The van der Waals surface area contributed by atoms with Gasteiger partial charge in [-0.05, 0) is 69.4 Å². The predicted molar refractivity (Wildman–Crippen MR) is 115 cm³/mol. The molecule has 1 aromatic carbocycles.